The highest BCUT2D eigenvalue weighted by molar-refractivity contribution is 7.99. The van der Waals surface area contributed by atoms with Crippen LogP contribution in [0.1, 0.15) is 32.6 Å². The molecule has 0 aliphatic rings. The van der Waals surface area contributed by atoms with Crippen LogP contribution >= 0.6 is 23.1 Å². The third-order valence-electron chi connectivity index (χ3n) is 4.22. The van der Waals surface area contributed by atoms with E-state index in [0.717, 1.165) is 15.7 Å². The first-order valence-corrected chi connectivity index (χ1v) is 10.3. The number of ketones is 1. The molecule has 5 nitrogen and oxygen atoms in total. The van der Waals surface area contributed by atoms with Crippen molar-refractivity contribution in [3.8, 4) is 5.69 Å². The number of thioether (sulfide) groups is 1. The SMILES string of the molecule is CC(=O)NCc1ccc(C(=O)CSc2nccn2-c2cccc(C)c2C)s1. The highest BCUT2D eigenvalue weighted by Gasteiger charge is 2.14. The lowest BCUT2D eigenvalue weighted by Crippen LogP contribution is -2.18. The lowest BCUT2D eigenvalue weighted by molar-refractivity contribution is -0.119. The van der Waals surface area contributed by atoms with Gasteiger partial charge in [0.25, 0.3) is 0 Å². The number of thiophene rings is 1. The number of nitrogens with zero attached hydrogens (tertiary/aromatic N) is 2. The van der Waals surface area contributed by atoms with Gasteiger partial charge in [0.1, 0.15) is 0 Å². The number of hydrogen-bond donors (Lipinski definition) is 1. The minimum atomic E-state index is -0.0786. The Hall–Kier alpha value is -2.38. The van der Waals surface area contributed by atoms with E-state index >= 15 is 0 Å². The molecule has 0 saturated heterocycles. The van der Waals surface area contributed by atoms with Crippen molar-refractivity contribution in [2.24, 2.45) is 0 Å². The van der Waals surface area contributed by atoms with Gasteiger partial charge in [-0.3, -0.25) is 14.2 Å². The number of aryl methyl sites for hydroxylation is 1. The number of amides is 1. The van der Waals surface area contributed by atoms with Gasteiger partial charge >= 0.3 is 0 Å². The van der Waals surface area contributed by atoms with Crippen LogP contribution in [-0.2, 0) is 11.3 Å². The molecule has 3 rings (SSSR count). The maximum Gasteiger partial charge on any atom is 0.217 e. The number of nitrogens with one attached hydrogen (secondary N) is 1. The molecule has 0 aliphatic heterocycles. The van der Waals surface area contributed by atoms with Crippen molar-refractivity contribution in [3.05, 3.63) is 63.6 Å². The molecule has 1 N–H and O–H groups in total. The summed E-state index contributed by atoms with van der Waals surface area (Å²) >= 11 is 2.85. The van der Waals surface area contributed by atoms with Crippen LogP contribution < -0.4 is 5.32 Å². The predicted molar refractivity (Wildman–Crippen MR) is 110 cm³/mol. The molecule has 2 heterocycles. The Morgan fingerprint density at radius 1 is 1.22 bits per heavy atom. The molecule has 0 fully saturated rings. The van der Waals surface area contributed by atoms with E-state index in [1.807, 2.05) is 29.0 Å². The monoisotopic (exact) mass is 399 g/mol. The van der Waals surface area contributed by atoms with E-state index in [9.17, 15) is 9.59 Å². The Morgan fingerprint density at radius 2 is 2.04 bits per heavy atom. The second-order valence-corrected chi connectivity index (χ2v) is 8.30. The average molecular weight is 400 g/mol. The number of benzene rings is 1. The van der Waals surface area contributed by atoms with E-state index in [-0.39, 0.29) is 11.7 Å². The second kappa shape index (κ2) is 8.54. The van der Waals surface area contributed by atoms with E-state index in [4.69, 9.17) is 0 Å². The zero-order chi connectivity index (χ0) is 19.4. The maximum atomic E-state index is 12.5. The molecule has 0 spiro atoms. The zero-order valence-corrected chi connectivity index (χ0v) is 17.1. The molecule has 27 heavy (non-hydrogen) atoms. The Morgan fingerprint density at radius 3 is 2.81 bits per heavy atom. The van der Waals surface area contributed by atoms with Gasteiger partial charge in [-0.1, -0.05) is 23.9 Å². The summed E-state index contributed by atoms with van der Waals surface area (Å²) in [7, 11) is 0. The van der Waals surface area contributed by atoms with E-state index in [0.29, 0.717) is 17.2 Å². The Labute approximate surface area is 166 Å². The third kappa shape index (κ3) is 4.67. The van der Waals surface area contributed by atoms with Gasteiger partial charge in [-0.2, -0.15) is 0 Å². The van der Waals surface area contributed by atoms with Gasteiger partial charge in [-0.05, 0) is 43.2 Å². The van der Waals surface area contributed by atoms with Crippen molar-refractivity contribution in [3.63, 3.8) is 0 Å². The van der Waals surface area contributed by atoms with Crippen LogP contribution in [0.2, 0.25) is 0 Å². The summed E-state index contributed by atoms with van der Waals surface area (Å²) in [6.45, 7) is 6.11. The zero-order valence-electron chi connectivity index (χ0n) is 15.5. The number of carbonyl (C=O) groups excluding carboxylic acids is 2. The van der Waals surface area contributed by atoms with Gasteiger partial charge in [0.2, 0.25) is 5.91 Å². The number of hydrogen-bond acceptors (Lipinski definition) is 5. The van der Waals surface area contributed by atoms with E-state index in [1.165, 1.54) is 41.1 Å². The van der Waals surface area contributed by atoms with Gasteiger partial charge in [0, 0.05) is 24.2 Å². The van der Waals surface area contributed by atoms with Crippen LogP contribution in [0.15, 0.2) is 47.9 Å². The topological polar surface area (TPSA) is 64.0 Å². The molecule has 140 valence electrons. The first-order valence-electron chi connectivity index (χ1n) is 8.55. The smallest absolute Gasteiger partial charge is 0.217 e. The summed E-state index contributed by atoms with van der Waals surface area (Å²) in [5.41, 5.74) is 3.50. The molecular weight excluding hydrogens is 378 g/mol. The van der Waals surface area contributed by atoms with E-state index in [1.54, 1.807) is 6.20 Å². The number of Topliss-reactive ketones (excluding diaryl/α,β-unsaturated/α-hetero) is 1. The molecule has 7 heteroatoms. The van der Waals surface area contributed by atoms with Crippen LogP contribution in [0.5, 0.6) is 0 Å². The van der Waals surface area contributed by atoms with Crippen molar-refractivity contribution in [2.45, 2.75) is 32.5 Å². The number of carbonyl (C=O) groups is 2. The van der Waals surface area contributed by atoms with Gasteiger partial charge in [0.05, 0.1) is 22.9 Å². The van der Waals surface area contributed by atoms with Gasteiger partial charge in [0.15, 0.2) is 10.9 Å². The molecule has 1 amide bonds. The molecule has 0 bridgehead atoms. The number of aromatic nitrogens is 2. The van der Waals surface area contributed by atoms with Crippen LogP contribution in [0, 0.1) is 13.8 Å². The van der Waals surface area contributed by atoms with Gasteiger partial charge in [-0.15, -0.1) is 11.3 Å². The molecule has 0 atom stereocenters. The van der Waals surface area contributed by atoms with Crippen molar-refractivity contribution in [1.82, 2.24) is 14.9 Å². The summed E-state index contributed by atoms with van der Waals surface area (Å²) in [4.78, 5) is 29.6. The normalized spacial score (nSPS) is 10.8. The highest BCUT2D eigenvalue weighted by atomic mass is 32.2. The second-order valence-electron chi connectivity index (χ2n) is 6.19. The minimum Gasteiger partial charge on any atom is -0.351 e. The lowest BCUT2D eigenvalue weighted by Gasteiger charge is -2.12. The van der Waals surface area contributed by atoms with Crippen molar-refractivity contribution in [1.29, 1.82) is 0 Å². The molecule has 0 aliphatic carbocycles. The molecule has 0 saturated carbocycles. The summed E-state index contributed by atoms with van der Waals surface area (Å²) in [6, 6.07) is 9.88. The van der Waals surface area contributed by atoms with Crippen LogP contribution in [0.25, 0.3) is 5.69 Å². The van der Waals surface area contributed by atoms with E-state index < -0.39 is 0 Å². The summed E-state index contributed by atoms with van der Waals surface area (Å²) in [6.07, 6.45) is 3.68. The molecule has 2 aromatic heterocycles. The lowest BCUT2D eigenvalue weighted by atomic mass is 10.1. The maximum absolute atomic E-state index is 12.5. The van der Waals surface area contributed by atoms with Crippen molar-refractivity contribution < 1.29 is 9.59 Å². The average Bonchev–Trinajstić information content (AvgIpc) is 3.29. The van der Waals surface area contributed by atoms with Gasteiger partial charge < -0.3 is 5.32 Å². The van der Waals surface area contributed by atoms with Crippen molar-refractivity contribution in [2.75, 3.05) is 5.75 Å². The Balaban J connectivity index is 1.68. The molecule has 1 aromatic carbocycles. The summed E-state index contributed by atoms with van der Waals surface area (Å²) in [5, 5.41) is 3.54. The highest BCUT2D eigenvalue weighted by Crippen LogP contribution is 2.26. The van der Waals surface area contributed by atoms with Crippen LogP contribution in [0.3, 0.4) is 0 Å². The number of imidazole rings is 1. The number of rotatable bonds is 7. The molecular formula is C20H21N3O2S2. The van der Waals surface area contributed by atoms with Gasteiger partial charge in [-0.25, -0.2) is 4.98 Å². The third-order valence-corrected chi connectivity index (χ3v) is 6.32. The minimum absolute atomic E-state index is 0.0644. The standard InChI is InChI=1S/C20H21N3O2S2/c1-13-5-4-6-17(14(13)2)23-10-9-21-20(23)26-12-18(25)19-8-7-16(27-19)11-22-15(3)24/h4-10H,11-12H2,1-3H3,(H,22,24). The largest absolute Gasteiger partial charge is 0.351 e. The molecule has 0 radical (unpaired) electrons. The van der Waals surface area contributed by atoms with Crippen LogP contribution in [0.4, 0.5) is 0 Å². The Bertz CT molecular complexity index is 975. The summed E-state index contributed by atoms with van der Waals surface area (Å²) in [5.74, 6) is 0.307. The molecule has 0 unspecified atom stereocenters. The fourth-order valence-electron chi connectivity index (χ4n) is 2.61. The predicted octanol–water partition coefficient (Wildman–Crippen LogP) is 4.16. The fraction of sp³-hybridized carbons (Fsp3) is 0.250. The first kappa shape index (κ1) is 19.4. The quantitative estimate of drug-likeness (QED) is 0.479. The fourth-order valence-corrected chi connectivity index (χ4v) is 4.44. The summed E-state index contributed by atoms with van der Waals surface area (Å²) < 4.78 is 2.02. The van der Waals surface area contributed by atoms with Crippen molar-refractivity contribution >= 4 is 34.8 Å². The van der Waals surface area contributed by atoms with Crippen LogP contribution in [-0.4, -0.2) is 27.0 Å². The molecule has 3 aromatic rings. The first-order chi connectivity index (χ1) is 13.0. The van der Waals surface area contributed by atoms with E-state index in [2.05, 4.69) is 36.3 Å². The Kier molecular flexibility index (Phi) is 6.13.